The first-order valence-electron chi connectivity index (χ1n) is 6.10. The monoisotopic (exact) mass is 243 g/mol. The average Bonchev–Trinajstić information content (AvgIpc) is 2.39. The predicted molar refractivity (Wildman–Crippen MR) is 70.8 cm³/mol. The molecule has 2 rings (SSSR count). The molecule has 3 nitrogen and oxygen atoms in total. The average molecular weight is 243 g/mol. The number of hydrogen-bond donors (Lipinski definition) is 1. The molecule has 3 heteroatoms. The van der Waals surface area contributed by atoms with Gasteiger partial charge in [0.05, 0.1) is 6.10 Å². The van der Waals surface area contributed by atoms with Gasteiger partial charge in [0.2, 0.25) is 5.88 Å². The van der Waals surface area contributed by atoms with E-state index in [1.165, 1.54) is 0 Å². The topological polar surface area (TPSA) is 42.4 Å². The molecule has 1 heterocycles. The molecule has 0 saturated carbocycles. The van der Waals surface area contributed by atoms with E-state index in [1.807, 2.05) is 24.3 Å². The second kappa shape index (κ2) is 5.65. The highest BCUT2D eigenvalue weighted by Gasteiger charge is 2.06. The Bertz CT molecular complexity index is 523. The zero-order valence-corrected chi connectivity index (χ0v) is 10.6. The Morgan fingerprint density at radius 2 is 2.06 bits per heavy atom. The largest absolute Gasteiger partial charge is 0.439 e. The van der Waals surface area contributed by atoms with Crippen molar-refractivity contribution >= 4 is 0 Å². The summed E-state index contributed by atoms with van der Waals surface area (Å²) in [5.74, 6) is 1.32. The summed E-state index contributed by atoms with van der Waals surface area (Å²) in [7, 11) is 0. The minimum atomic E-state index is -0.517. The molecule has 1 atom stereocenters. The Morgan fingerprint density at radius 1 is 1.28 bits per heavy atom. The van der Waals surface area contributed by atoms with Gasteiger partial charge in [0.15, 0.2) is 0 Å². The fourth-order valence-corrected chi connectivity index (χ4v) is 1.75. The third-order valence-corrected chi connectivity index (χ3v) is 2.81. The molecule has 0 aliphatic heterocycles. The molecule has 0 unspecified atom stereocenters. The van der Waals surface area contributed by atoms with Gasteiger partial charge in [-0.15, -0.1) is 0 Å². The number of ether oxygens (including phenoxy) is 1. The first kappa shape index (κ1) is 12.6. The second-order valence-corrected chi connectivity index (χ2v) is 4.17. The van der Waals surface area contributed by atoms with E-state index in [2.05, 4.69) is 11.9 Å². The highest BCUT2D eigenvalue weighted by molar-refractivity contribution is 5.36. The van der Waals surface area contributed by atoms with Gasteiger partial charge in [0.1, 0.15) is 5.75 Å². The van der Waals surface area contributed by atoms with E-state index in [0.717, 1.165) is 23.3 Å². The quantitative estimate of drug-likeness (QED) is 0.893. The first-order chi connectivity index (χ1) is 8.70. The summed E-state index contributed by atoms with van der Waals surface area (Å²) in [6.07, 6.45) is 2.04. The molecule has 1 N–H and O–H groups in total. The summed E-state index contributed by atoms with van der Waals surface area (Å²) in [6, 6.07) is 11.4. The molecule has 1 aromatic heterocycles. The van der Waals surface area contributed by atoms with Crippen LogP contribution in [0.3, 0.4) is 0 Å². The van der Waals surface area contributed by atoms with Gasteiger partial charge in [-0.25, -0.2) is 4.98 Å². The van der Waals surface area contributed by atoms with E-state index < -0.39 is 6.10 Å². The lowest BCUT2D eigenvalue weighted by Gasteiger charge is -2.10. The molecule has 18 heavy (non-hydrogen) atoms. The fraction of sp³-hybridized carbons (Fsp3) is 0.267. The van der Waals surface area contributed by atoms with Crippen molar-refractivity contribution in [3.63, 3.8) is 0 Å². The van der Waals surface area contributed by atoms with Crippen LogP contribution >= 0.6 is 0 Å². The van der Waals surface area contributed by atoms with Crippen molar-refractivity contribution in [3.05, 3.63) is 53.7 Å². The maximum atomic E-state index is 9.53. The fourth-order valence-electron chi connectivity index (χ4n) is 1.75. The summed E-state index contributed by atoms with van der Waals surface area (Å²) in [5, 5.41) is 9.53. The lowest BCUT2D eigenvalue weighted by molar-refractivity contribution is 0.198. The molecular formula is C15H17NO2. The number of aliphatic hydroxyl groups excluding tert-OH is 1. The lowest BCUT2D eigenvalue weighted by Crippen LogP contribution is -1.95. The van der Waals surface area contributed by atoms with E-state index in [9.17, 15) is 5.11 Å². The highest BCUT2D eigenvalue weighted by Crippen LogP contribution is 2.25. The summed E-state index contributed by atoms with van der Waals surface area (Å²) in [5.41, 5.74) is 1.94. The Balaban J connectivity index is 2.25. The number of hydrogen-bond acceptors (Lipinski definition) is 3. The van der Waals surface area contributed by atoms with Crippen molar-refractivity contribution < 1.29 is 9.84 Å². The van der Waals surface area contributed by atoms with Crippen molar-refractivity contribution in [2.45, 2.75) is 26.4 Å². The van der Waals surface area contributed by atoms with Crippen LogP contribution < -0.4 is 4.74 Å². The maximum absolute atomic E-state index is 9.53. The van der Waals surface area contributed by atoms with Gasteiger partial charge < -0.3 is 9.84 Å². The number of para-hydroxylation sites is 1. The molecular weight excluding hydrogens is 226 g/mol. The van der Waals surface area contributed by atoms with Crippen LogP contribution in [-0.4, -0.2) is 10.1 Å². The summed E-state index contributed by atoms with van der Waals surface area (Å²) in [4.78, 5) is 4.16. The summed E-state index contributed by atoms with van der Waals surface area (Å²) >= 11 is 0. The molecule has 0 spiro atoms. The highest BCUT2D eigenvalue weighted by atomic mass is 16.5. The molecule has 0 amide bonds. The van der Waals surface area contributed by atoms with Gasteiger partial charge in [-0.3, -0.25) is 0 Å². The first-order valence-corrected chi connectivity index (χ1v) is 6.10. The Morgan fingerprint density at radius 3 is 2.78 bits per heavy atom. The third kappa shape index (κ3) is 2.87. The van der Waals surface area contributed by atoms with Crippen LogP contribution in [0, 0.1) is 0 Å². The van der Waals surface area contributed by atoms with Gasteiger partial charge in [-0.1, -0.05) is 25.1 Å². The van der Waals surface area contributed by atoms with Crippen molar-refractivity contribution in [1.29, 1.82) is 0 Å². The molecule has 0 fully saturated rings. The van der Waals surface area contributed by atoms with Crippen molar-refractivity contribution in [2.24, 2.45) is 0 Å². The van der Waals surface area contributed by atoms with Crippen LogP contribution in [-0.2, 0) is 6.42 Å². The SMILES string of the molecule is CCc1ccccc1Oc1cc([C@H](C)O)ccn1. The molecule has 0 aliphatic carbocycles. The molecule has 2 aromatic rings. The van der Waals surface area contributed by atoms with Crippen LogP contribution in [0.25, 0.3) is 0 Å². The van der Waals surface area contributed by atoms with Crippen LogP contribution in [0.1, 0.15) is 31.1 Å². The standard InChI is InChI=1S/C15H17NO2/c1-3-12-6-4-5-7-14(12)18-15-10-13(11(2)17)8-9-16-15/h4-11,17H,3H2,1-2H3/t11-/m0/s1. The van der Waals surface area contributed by atoms with Gasteiger partial charge in [0, 0.05) is 12.3 Å². The van der Waals surface area contributed by atoms with E-state index in [0.29, 0.717) is 5.88 Å². The normalized spacial score (nSPS) is 12.2. The number of aromatic nitrogens is 1. The Kier molecular flexibility index (Phi) is 3.95. The van der Waals surface area contributed by atoms with Crippen LogP contribution in [0.2, 0.25) is 0 Å². The third-order valence-electron chi connectivity index (χ3n) is 2.81. The van der Waals surface area contributed by atoms with Gasteiger partial charge in [-0.05, 0) is 36.6 Å². The van der Waals surface area contributed by atoms with E-state index in [4.69, 9.17) is 4.74 Å². The van der Waals surface area contributed by atoms with Gasteiger partial charge in [-0.2, -0.15) is 0 Å². The van der Waals surface area contributed by atoms with Crippen molar-refractivity contribution in [2.75, 3.05) is 0 Å². The zero-order valence-electron chi connectivity index (χ0n) is 10.6. The van der Waals surface area contributed by atoms with Gasteiger partial charge >= 0.3 is 0 Å². The summed E-state index contributed by atoms with van der Waals surface area (Å²) in [6.45, 7) is 3.81. The molecule has 0 bridgehead atoms. The zero-order chi connectivity index (χ0) is 13.0. The molecule has 0 saturated heterocycles. The molecule has 0 radical (unpaired) electrons. The van der Waals surface area contributed by atoms with Crippen molar-refractivity contribution in [3.8, 4) is 11.6 Å². The van der Waals surface area contributed by atoms with E-state index in [1.54, 1.807) is 25.3 Å². The molecule has 94 valence electrons. The van der Waals surface area contributed by atoms with Crippen molar-refractivity contribution in [1.82, 2.24) is 4.98 Å². The predicted octanol–water partition coefficient (Wildman–Crippen LogP) is 3.49. The Labute approximate surface area is 107 Å². The van der Waals surface area contributed by atoms with Crippen LogP contribution in [0.5, 0.6) is 11.6 Å². The minimum absolute atomic E-state index is 0.509. The number of pyridine rings is 1. The number of aryl methyl sites for hydroxylation is 1. The maximum Gasteiger partial charge on any atom is 0.219 e. The number of aliphatic hydroxyl groups is 1. The number of nitrogens with zero attached hydrogens (tertiary/aromatic N) is 1. The van der Waals surface area contributed by atoms with E-state index in [-0.39, 0.29) is 0 Å². The summed E-state index contributed by atoms with van der Waals surface area (Å²) < 4.78 is 5.77. The molecule has 0 aliphatic rings. The van der Waals surface area contributed by atoms with Crippen LogP contribution in [0.15, 0.2) is 42.6 Å². The Hall–Kier alpha value is -1.87. The smallest absolute Gasteiger partial charge is 0.219 e. The van der Waals surface area contributed by atoms with Crippen LogP contribution in [0.4, 0.5) is 0 Å². The second-order valence-electron chi connectivity index (χ2n) is 4.17. The van der Waals surface area contributed by atoms with Gasteiger partial charge in [0.25, 0.3) is 0 Å². The lowest BCUT2D eigenvalue weighted by atomic mass is 10.1. The molecule has 1 aromatic carbocycles. The number of rotatable bonds is 4. The van der Waals surface area contributed by atoms with E-state index >= 15 is 0 Å². The minimum Gasteiger partial charge on any atom is -0.439 e. The number of benzene rings is 1.